The molecule has 0 bridgehead atoms. The van der Waals surface area contributed by atoms with Gasteiger partial charge >= 0.3 is 6.09 Å². The van der Waals surface area contributed by atoms with Crippen molar-refractivity contribution in [1.82, 2.24) is 25.2 Å². The van der Waals surface area contributed by atoms with Crippen LogP contribution in [0, 0.1) is 6.92 Å². The second-order valence-electron chi connectivity index (χ2n) is 6.56. The van der Waals surface area contributed by atoms with Crippen LogP contribution in [-0.4, -0.2) is 51.0 Å². The van der Waals surface area contributed by atoms with Gasteiger partial charge in [-0.15, -0.1) is 0 Å². The van der Waals surface area contributed by atoms with Crippen LogP contribution in [0.4, 0.5) is 10.5 Å². The minimum atomic E-state index is -0.618. The predicted molar refractivity (Wildman–Crippen MR) is 109 cm³/mol. The molecule has 2 N–H and O–H groups in total. The van der Waals surface area contributed by atoms with Gasteiger partial charge in [0.2, 0.25) is 17.6 Å². The Bertz CT molecular complexity index is 1070. The SMILES string of the molecule is CCCOC(=O)n1cc(NC(=O)CCNC(=O)c2cccc(-c3noc(C)n3)c2)cn1. The molecule has 31 heavy (non-hydrogen) atoms. The van der Waals surface area contributed by atoms with E-state index in [1.54, 1.807) is 31.2 Å². The predicted octanol–water partition coefficient (Wildman–Crippen LogP) is 2.39. The standard InChI is InChI=1S/C20H22N6O5/c1-3-9-30-20(29)26-12-16(11-22-26)24-17(27)7-8-21-19(28)15-6-4-5-14(10-15)18-23-13(2)31-25-18/h4-6,10-12H,3,7-9H2,1-2H3,(H,21,28)(H,24,27). The third-order valence-corrected chi connectivity index (χ3v) is 4.03. The summed E-state index contributed by atoms with van der Waals surface area (Å²) < 4.78 is 10.9. The maximum absolute atomic E-state index is 12.4. The summed E-state index contributed by atoms with van der Waals surface area (Å²) in [5, 5.41) is 13.0. The van der Waals surface area contributed by atoms with Gasteiger partial charge in [0, 0.05) is 31.0 Å². The Morgan fingerprint density at radius 2 is 2.10 bits per heavy atom. The third kappa shape index (κ3) is 5.98. The van der Waals surface area contributed by atoms with E-state index in [9.17, 15) is 14.4 Å². The third-order valence-electron chi connectivity index (χ3n) is 4.03. The number of rotatable bonds is 8. The van der Waals surface area contributed by atoms with E-state index in [2.05, 4.69) is 25.9 Å². The van der Waals surface area contributed by atoms with E-state index in [4.69, 9.17) is 9.26 Å². The van der Waals surface area contributed by atoms with Crippen LogP contribution in [0.3, 0.4) is 0 Å². The van der Waals surface area contributed by atoms with Crippen molar-refractivity contribution in [2.75, 3.05) is 18.5 Å². The van der Waals surface area contributed by atoms with Crippen molar-refractivity contribution in [2.24, 2.45) is 0 Å². The summed E-state index contributed by atoms with van der Waals surface area (Å²) in [6.45, 7) is 3.98. The van der Waals surface area contributed by atoms with Gasteiger partial charge in [-0.05, 0) is 18.6 Å². The van der Waals surface area contributed by atoms with Gasteiger partial charge in [0.15, 0.2) is 0 Å². The molecule has 0 unspecified atom stereocenters. The molecule has 162 valence electrons. The number of hydrogen-bond donors (Lipinski definition) is 2. The molecule has 3 aromatic rings. The number of aryl methyl sites for hydroxylation is 1. The van der Waals surface area contributed by atoms with Crippen LogP contribution in [0.5, 0.6) is 0 Å². The van der Waals surface area contributed by atoms with Crippen molar-refractivity contribution in [3.8, 4) is 11.4 Å². The number of aromatic nitrogens is 4. The minimum Gasteiger partial charge on any atom is -0.448 e. The monoisotopic (exact) mass is 426 g/mol. The average molecular weight is 426 g/mol. The van der Waals surface area contributed by atoms with E-state index in [-0.39, 0.29) is 31.4 Å². The zero-order valence-corrected chi connectivity index (χ0v) is 17.1. The largest absolute Gasteiger partial charge is 0.448 e. The van der Waals surface area contributed by atoms with E-state index in [1.165, 1.54) is 12.4 Å². The summed E-state index contributed by atoms with van der Waals surface area (Å²) in [6.07, 6.45) is 2.83. The molecule has 0 spiro atoms. The second kappa shape index (κ2) is 10.1. The summed E-state index contributed by atoms with van der Waals surface area (Å²) >= 11 is 0. The molecule has 0 radical (unpaired) electrons. The Balaban J connectivity index is 1.47. The van der Waals surface area contributed by atoms with E-state index in [0.717, 1.165) is 4.68 Å². The van der Waals surface area contributed by atoms with Crippen LogP contribution in [0.1, 0.15) is 36.0 Å². The summed E-state index contributed by atoms with van der Waals surface area (Å²) in [4.78, 5) is 40.3. The molecule has 0 aliphatic rings. The summed E-state index contributed by atoms with van der Waals surface area (Å²) in [6, 6.07) is 6.78. The van der Waals surface area contributed by atoms with Crippen LogP contribution in [-0.2, 0) is 9.53 Å². The molecule has 2 aromatic heterocycles. The zero-order chi connectivity index (χ0) is 22.2. The fraction of sp³-hybridized carbons (Fsp3) is 0.300. The molecule has 0 saturated heterocycles. The smallest absolute Gasteiger partial charge is 0.434 e. The summed E-state index contributed by atoms with van der Waals surface area (Å²) in [5.41, 5.74) is 1.41. The molecule has 0 aliphatic heterocycles. The van der Waals surface area contributed by atoms with Gasteiger partial charge in [-0.25, -0.2) is 4.79 Å². The van der Waals surface area contributed by atoms with Crippen molar-refractivity contribution >= 4 is 23.6 Å². The van der Waals surface area contributed by atoms with Gasteiger partial charge in [-0.1, -0.05) is 24.2 Å². The van der Waals surface area contributed by atoms with E-state index < -0.39 is 6.09 Å². The number of carbonyl (C=O) groups is 3. The highest BCUT2D eigenvalue weighted by Crippen LogP contribution is 2.17. The zero-order valence-electron chi connectivity index (χ0n) is 17.1. The number of amides is 2. The Morgan fingerprint density at radius 1 is 1.26 bits per heavy atom. The molecule has 2 heterocycles. The van der Waals surface area contributed by atoms with Crippen molar-refractivity contribution in [3.63, 3.8) is 0 Å². The number of anilines is 1. The summed E-state index contributed by atoms with van der Waals surface area (Å²) in [7, 11) is 0. The molecular weight excluding hydrogens is 404 g/mol. The molecule has 3 rings (SSSR count). The lowest BCUT2D eigenvalue weighted by molar-refractivity contribution is -0.116. The number of nitrogens with one attached hydrogen (secondary N) is 2. The molecule has 2 amide bonds. The Hall–Kier alpha value is -4.02. The molecule has 0 atom stereocenters. The van der Waals surface area contributed by atoms with Crippen LogP contribution in [0.2, 0.25) is 0 Å². The second-order valence-corrected chi connectivity index (χ2v) is 6.56. The first-order valence-corrected chi connectivity index (χ1v) is 9.67. The lowest BCUT2D eigenvalue weighted by atomic mass is 10.1. The maximum Gasteiger partial charge on any atom is 0.434 e. The fourth-order valence-corrected chi connectivity index (χ4v) is 2.57. The van der Waals surface area contributed by atoms with Gasteiger partial charge in [0.05, 0.1) is 24.7 Å². The number of hydrogen-bond acceptors (Lipinski definition) is 8. The Labute approximate surface area is 177 Å². The van der Waals surface area contributed by atoms with Gasteiger partial charge < -0.3 is 19.9 Å². The number of carbonyl (C=O) groups excluding carboxylic acids is 3. The van der Waals surface area contributed by atoms with Gasteiger partial charge in [0.25, 0.3) is 5.91 Å². The highest BCUT2D eigenvalue weighted by molar-refractivity contribution is 5.96. The first-order valence-electron chi connectivity index (χ1n) is 9.67. The topological polar surface area (TPSA) is 141 Å². The molecule has 0 aliphatic carbocycles. The molecule has 0 saturated carbocycles. The Morgan fingerprint density at radius 3 is 2.84 bits per heavy atom. The average Bonchev–Trinajstić information content (AvgIpc) is 3.41. The quantitative estimate of drug-likeness (QED) is 0.559. The van der Waals surface area contributed by atoms with E-state index >= 15 is 0 Å². The van der Waals surface area contributed by atoms with Crippen molar-refractivity contribution in [2.45, 2.75) is 26.7 Å². The highest BCUT2D eigenvalue weighted by Gasteiger charge is 2.12. The fourth-order valence-electron chi connectivity index (χ4n) is 2.57. The van der Waals surface area contributed by atoms with Crippen LogP contribution < -0.4 is 10.6 Å². The molecular formula is C20H22N6O5. The number of ether oxygens (including phenoxy) is 1. The normalized spacial score (nSPS) is 10.5. The highest BCUT2D eigenvalue weighted by atomic mass is 16.6. The number of benzene rings is 1. The summed E-state index contributed by atoms with van der Waals surface area (Å²) in [5.74, 6) is 0.157. The molecule has 11 nitrogen and oxygen atoms in total. The Kier molecular flexibility index (Phi) is 7.09. The first kappa shape index (κ1) is 21.7. The lowest BCUT2D eigenvalue weighted by Crippen LogP contribution is -2.27. The van der Waals surface area contributed by atoms with Crippen molar-refractivity contribution in [1.29, 1.82) is 0 Å². The molecule has 0 fully saturated rings. The van der Waals surface area contributed by atoms with Crippen LogP contribution in [0.25, 0.3) is 11.4 Å². The lowest BCUT2D eigenvalue weighted by Gasteiger charge is -2.06. The van der Waals surface area contributed by atoms with E-state index in [1.807, 2.05) is 6.92 Å². The maximum atomic E-state index is 12.4. The molecule has 11 heteroatoms. The molecule has 1 aromatic carbocycles. The minimum absolute atomic E-state index is 0.0426. The number of nitrogens with zero attached hydrogens (tertiary/aromatic N) is 4. The van der Waals surface area contributed by atoms with Crippen LogP contribution in [0.15, 0.2) is 41.2 Å². The van der Waals surface area contributed by atoms with Crippen molar-refractivity contribution < 1.29 is 23.6 Å². The van der Waals surface area contributed by atoms with Gasteiger partial charge in [-0.2, -0.15) is 14.8 Å². The van der Waals surface area contributed by atoms with Gasteiger partial charge in [-0.3, -0.25) is 9.59 Å². The van der Waals surface area contributed by atoms with E-state index in [0.29, 0.717) is 35.0 Å². The van der Waals surface area contributed by atoms with Crippen molar-refractivity contribution in [3.05, 3.63) is 48.1 Å². The first-order chi connectivity index (χ1) is 15.0. The van der Waals surface area contributed by atoms with Gasteiger partial charge in [0.1, 0.15) is 0 Å². The van der Waals surface area contributed by atoms with Crippen LogP contribution >= 0.6 is 0 Å².